The van der Waals surface area contributed by atoms with Gasteiger partial charge in [0.1, 0.15) is 18.2 Å². The van der Waals surface area contributed by atoms with Gasteiger partial charge in [0.15, 0.2) is 0 Å². The summed E-state index contributed by atoms with van der Waals surface area (Å²) in [7, 11) is 0. The lowest BCUT2D eigenvalue weighted by Crippen LogP contribution is -2.02. The molecule has 0 spiro atoms. The van der Waals surface area contributed by atoms with E-state index in [0.29, 0.717) is 27.9 Å². The Bertz CT molecular complexity index is 590. The molecule has 19 heavy (non-hydrogen) atoms. The number of ether oxygens (including phenoxy) is 1. The molecule has 0 amide bonds. The van der Waals surface area contributed by atoms with Crippen molar-refractivity contribution < 1.29 is 9.13 Å². The highest BCUT2D eigenvalue weighted by molar-refractivity contribution is 6.42. The highest BCUT2D eigenvalue weighted by Crippen LogP contribution is 2.27. The Hall–Kier alpha value is -1.29. The van der Waals surface area contributed by atoms with Gasteiger partial charge in [-0.3, -0.25) is 0 Å². The van der Waals surface area contributed by atoms with Crippen molar-refractivity contribution in [3.63, 3.8) is 0 Å². The molecule has 0 radical (unpaired) electrons. The lowest BCUT2D eigenvalue weighted by atomic mass is 10.1. The standard InChI is InChI=1S/C14H12Cl2FNO/c15-12-3-2-11(6-13(12)16)19-8-10-5-9(7-18)1-4-14(10)17/h1-6H,7-8,18H2. The maximum absolute atomic E-state index is 13.6. The molecule has 2 aromatic carbocycles. The number of halogens is 3. The minimum Gasteiger partial charge on any atom is -0.489 e. The molecule has 2 rings (SSSR count). The second-order valence-electron chi connectivity index (χ2n) is 3.99. The first-order valence-electron chi connectivity index (χ1n) is 5.65. The van der Waals surface area contributed by atoms with Crippen LogP contribution in [0.3, 0.4) is 0 Å². The lowest BCUT2D eigenvalue weighted by Gasteiger charge is -2.09. The zero-order chi connectivity index (χ0) is 13.8. The Morgan fingerprint density at radius 3 is 2.53 bits per heavy atom. The molecule has 0 saturated heterocycles. The molecular formula is C14H12Cl2FNO. The Balaban J connectivity index is 2.11. The summed E-state index contributed by atoms with van der Waals surface area (Å²) in [6, 6.07) is 9.62. The van der Waals surface area contributed by atoms with E-state index in [0.717, 1.165) is 5.56 Å². The van der Waals surface area contributed by atoms with Gasteiger partial charge in [0, 0.05) is 18.2 Å². The predicted molar refractivity (Wildman–Crippen MR) is 75.1 cm³/mol. The molecule has 0 fully saturated rings. The van der Waals surface area contributed by atoms with Crippen LogP contribution in [-0.2, 0) is 13.2 Å². The number of benzene rings is 2. The first-order chi connectivity index (χ1) is 9.10. The van der Waals surface area contributed by atoms with E-state index >= 15 is 0 Å². The third kappa shape index (κ3) is 3.60. The fourth-order valence-corrected chi connectivity index (χ4v) is 1.88. The summed E-state index contributed by atoms with van der Waals surface area (Å²) in [4.78, 5) is 0. The second kappa shape index (κ2) is 6.24. The molecule has 2 aromatic rings. The van der Waals surface area contributed by atoms with Crippen LogP contribution in [0, 0.1) is 5.82 Å². The fourth-order valence-electron chi connectivity index (χ4n) is 1.59. The molecule has 5 heteroatoms. The van der Waals surface area contributed by atoms with Crippen molar-refractivity contribution in [2.75, 3.05) is 0 Å². The summed E-state index contributed by atoms with van der Waals surface area (Å²) in [6.45, 7) is 0.470. The van der Waals surface area contributed by atoms with Crippen LogP contribution in [0.2, 0.25) is 10.0 Å². The molecule has 2 N–H and O–H groups in total. The van der Waals surface area contributed by atoms with Gasteiger partial charge in [-0.2, -0.15) is 0 Å². The maximum Gasteiger partial charge on any atom is 0.129 e. The Labute approximate surface area is 120 Å². The molecule has 0 aromatic heterocycles. The molecule has 0 saturated carbocycles. The van der Waals surface area contributed by atoms with Crippen LogP contribution >= 0.6 is 23.2 Å². The van der Waals surface area contributed by atoms with Crippen LogP contribution in [0.25, 0.3) is 0 Å². The molecule has 0 atom stereocenters. The molecule has 2 nitrogen and oxygen atoms in total. The average Bonchev–Trinajstić information content (AvgIpc) is 2.41. The molecule has 0 aliphatic heterocycles. The van der Waals surface area contributed by atoms with E-state index < -0.39 is 0 Å². The summed E-state index contributed by atoms with van der Waals surface area (Å²) in [5, 5.41) is 0.848. The first-order valence-corrected chi connectivity index (χ1v) is 6.41. The number of rotatable bonds is 4. The van der Waals surface area contributed by atoms with Crippen LogP contribution in [0.5, 0.6) is 5.75 Å². The monoisotopic (exact) mass is 299 g/mol. The fraction of sp³-hybridized carbons (Fsp3) is 0.143. The van der Waals surface area contributed by atoms with Gasteiger partial charge in [-0.25, -0.2) is 4.39 Å². The topological polar surface area (TPSA) is 35.2 Å². The van der Waals surface area contributed by atoms with Crippen LogP contribution < -0.4 is 10.5 Å². The van der Waals surface area contributed by atoms with E-state index in [1.165, 1.54) is 6.07 Å². The summed E-state index contributed by atoms with van der Waals surface area (Å²) >= 11 is 11.7. The van der Waals surface area contributed by atoms with E-state index in [1.807, 2.05) is 0 Å². The Morgan fingerprint density at radius 1 is 1.05 bits per heavy atom. The quantitative estimate of drug-likeness (QED) is 0.919. The van der Waals surface area contributed by atoms with Crippen molar-refractivity contribution in [3.8, 4) is 5.75 Å². The van der Waals surface area contributed by atoms with Crippen LogP contribution in [0.15, 0.2) is 36.4 Å². The summed E-state index contributed by atoms with van der Waals surface area (Å²) < 4.78 is 19.1. The highest BCUT2D eigenvalue weighted by atomic mass is 35.5. The molecule has 0 aliphatic carbocycles. The smallest absolute Gasteiger partial charge is 0.129 e. The van der Waals surface area contributed by atoms with Gasteiger partial charge in [0.2, 0.25) is 0 Å². The summed E-state index contributed by atoms with van der Waals surface area (Å²) in [6.07, 6.45) is 0. The zero-order valence-electron chi connectivity index (χ0n) is 10.00. The molecule has 0 unspecified atom stereocenters. The van der Waals surface area contributed by atoms with Crippen molar-refractivity contribution in [1.82, 2.24) is 0 Å². The Morgan fingerprint density at radius 2 is 1.84 bits per heavy atom. The molecule has 100 valence electrons. The SMILES string of the molecule is NCc1ccc(F)c(COc2ccc(Cl)c(Cl)c2)c1. The zero-order valence-corrected chi connectivity index (χ0v) is 11.5. The van der Waals surface area contributed by atoms with Crippen molar-refractivity contribution in [1.29, 1.82) is 0 Å². The van der Waals surface area contributed by atoms with Gasteiger partial charge in [0.25, 0.3) is 0 Å². The number of hydrogen-bond donors (Lipinski definition) is 1. The van der Waals surface area contributed by atoms with Crippen molar-refractivity contribution in [3.05, 3.63) is 63.4 Å². The molecule has 0 aliphatic rings. The largest absolute Gasteiger partial charge is 0.489 e. The van der Waals surface area contributed by atoms with E-state index in [9.17, 15) is 4.39 Å². The van der Waals surface area contributed by atoms with Gasteiger partial charge < -0.3 is 10.5 Å². The average molecular weight is 300 g/mol. The van der Waals surface area contributed by atoms with Crippen LogP contribution in [-0.4, -0.2) is 0 Å². The van der Waals surface area contributed by atoms with Gasteiger partial charge in [-0.05, 0) is 29.8 Å². The summed E-state index contributed by atoms with van der Waals surface area (Å²) in [5.74, 6) is 0.212. The van der Waals surface area contributed by atoms with Gasteiger partial charge in [-0.15, -0.1) is 0 Å². The summed E-state index contributed by atoms with van der Waals surface area (Å²) in [5.41, 5.74) is 6.83. The lowest BCUT2D eigenvalue weighted by molar-refractivity contribution is 0.299. The molecule has 0 heterocycles. The van der Waals surface area contributed by atoms with Gasteiger partial charge in [-0.1, -0.05) is 29.3 Å². The van der Waals surface area contributed by atoms with Crippen molar-refractivity contribution >= 4 is 23.2 Å². The number of hydrogen-bond acceptors (Lipinski definition) is 2. The van der Waals surface area contributed by atoms with E-state index in [-0.39, 0.29) is 12.4 Å². The van der Waals surface area contributed by atoms with E-state index in [1.54, 1.807) is 30.3 Å². The van der Waals surface area contributed by atoms with E-state index in [4.69, 9.17) is 33.7 Å². The second-order valence-corrected chi connectivity index (χ2v) is 4.81. The maximum atomic E-state index is 13.6. The van der Waals surface area contributed by atoms with Crippen LogP contribution in [0.1, 0.15) is 11.1 Å². The van der Waals surface area contributed by atoms with Gasteiger partial charge in [0.05, 0.1) is 10.0 Å². The first kappa shape index (κ1) is 14.1. The minimum atomic E-state index is -0.322. The normalized spacial score (nSPS) is 10.5. The van der Waals surface area contributed by atoms with Crippen molar-refractivity contribution in [2.45, 2.75) is 13.2 Å². The minimum absolute atomic E-state index is 0.109. The predicted octanol–water partition coefficient (Wildman–Crippen LogP) is 4.17. The highest BCUT2D eigenvalue weighted by Gasteiger charge is 2.05. The number of nitrogens with two attached hydrogens (primary N) is 1. The molecular weight excluding hydrogens is 288 g/mol. The van der Waals surface area contributed by atoms with E-state index in [2.05, 4.69) is 0 Å². The van der Waals surface area contributed by atoms with Crippen molar-refractivity contribution in [2.24, 2.45) is 5.73 Å². The molecule has 0 bridgehead atoms. The third-order valence-corrected chi connectivity index (χ3v) is 3.37. The Kier molecular flexibility index (Phi) is 4.64. The van der Waals surface area contributed by atoms with Crippen LogP contribution in [0.4, 0.5) is 4.39 Å². The third-order valence-electron chi connectivity index (χ3n) is 2.63. The van der Waals surface area contributed by atoms with Gasteiger partial charge >= 0.3 is 0 Å².